The molecule has 0 unspecified atom stereocenters. The molecular weight excluding hydrogens is 373 g/mol. The Bertz CT molecular complexity index is 864. The van der Waals surface area contributed by atoms with Crippen LogP contribution in [0.3, 0.4) is 0 Å². The number of carbonyl (C=O) groups excluding carboxylic acids is 2. The van der Waals surface area contributed by atoms with E-state index < -0.39 is 18.5 Å². The van der Waals surface area contributed by atoms with Gasteiger partial charge < -0.3 is 10.1 Å². The van der Waals surface area contributed by atoms with Crippen molar-refractivity contribution in [1.29, 1.82) is 0 Å². The molecule has 2 aromatic rings. The van der Waals surface area contributed by atoms with Crippen molar-refractivity contribution < 1.29 is 14.3 Å². The second-order valence-electron chi connectivity index (χ2n) is 6.37. The highest BCUT2D eigenvalue weighted by atomic mass is 35.5. The van der Waals surface area contributed by atoms with Gasteiger partial charge in [-0.05, 0) is 67.5 Å². The zero-order valence-electron chi connectivity index (χ0n) is 14.4. The molecule has 0 fully saturated rings. The Kier molecular flexibility index (Phi) is 5.84. The standard InChI is InChI=1S/C20H19Cl2NO3/c1-12-6-9-16(21)19(18(12)22)23-17(24)11-26-20(25)15-8-7-13-4-2-3-5-14(13)10-15/h6-10H,2-5,11H2,1H3,(H,23,24). The van der Waals surface area contributed by atoms with Gasteiger partial charge in [-0.3, -0.25) is 4.79 Å². The number of benzene rings is 2. The normalized spacial score (nSPS) is 13.0. The fourth-order valence-electron chi connectivity index (χ4n) is 3.02. The Labute approximate surface area is 162 Å². The molecule has 136 valence electrons. The first-order chi connectivity index (χ1) is 12.5. The Morgan fingerprint density at radius 1 is 1.08 bits per heavy atom. The van der Waals surface area contributed by atoms with E-state index >= 15 is 0 Å². The molecule has 6 heteroatoms. The number of ether oxygens (including phenoxy) is 1. The number of anilines is 1. The maximum atomic E-state index is 12.2. The Hall–Kier alpha value is -2.04. The molecule has 4 nitrogen and oxygen atoms in total. The van der Waals surface area contributed by atoms with Gasteiger partial charge in [-0.2, -0.15) is 0 Å². The number of hydrogen-bond acceptors (Lipinski definition) is 3. The van der Waals surface area contributed by atoms with Crippen molar-refractivity contribution in [2.75, 3.05) is 11.9 Å². The van der Waals surface area contributed by atoms with Crippen molar-refractivity contribution in [3.8, 4) is 0 Å². The molecule has 2 aromatic carbocycles. The topological polar surface area (TPSA) is 55.4 Å². The molecule has 0 spiro atoms. The molecule has 0 bridgehead atoms. The molecule has 1 aliphatic carbocycles. The summed E-state index contributed by atoms with van der Waals surface area (Å²) in [6, 6.07) is 8.99. The van der Waals surface area contributed by atoms with Gasteiger partial charge in [0.1, 0.15) is 0 Å². The number of hydrogen-bond donors (Lipinski definition) is 1. The molecule has 0 saturated carbocycles. The van der Waals surface area contributed by atoms with Crippen LogP contribution in [-0.2, 0) is 22.4 Å². The summed E-state index contributed by atoms with van der Waals surface area (Å²) in [5.74, 6) is -1.01. The van der Waals surface area contributed by atoms with Crippen molar-refractivity contribution in [2.45, 2.75) is 32.6 Å². The summed E-state index contributed by atoms with van der Waals surface area (Å²) in [7, 11) is 0. The van der Waals surface area contributed by atoms with Gasteiger partial charge in [0, 0.05) is 0 Å². The van der Waals surface area contributed by atoms with Gasteiger partial charge in [-0.1, -0.05) is 35.3 Å². The molecule has 0 heterocycles. The van der Waals surface area contributed by atoms with E-state index in [1.807, 2.05) is 19.1 Å². The van der Waals surface area contributed by atoms with Crippen LogP contribution in [-0.4, -0.2) is 18.5 Å². The van der Waals surface area contributed by atoms with Crippen molar-refractivity contribution in [3.05, 3.63) is 62.6 Å². The lowest BCUT2D eigenvalue weighted by Gasteiger charge is -2.16. The third kappa shape index (κ3) is 4.19. The van der Waals surface area contributed by atoms with Crippen LogP contribution in [0.4, 0.5) is 5.69 Å². The summed E-state index contributed by atoms with van der Waals surface area (Å²) in [6.45, 7) is 1.40. The van der Waals surface area contributed by atoms with Gasteiger partial charge in [-0.15, -0.1) is 0 Å². The molecule has 26 heavy (non-hydrogen) atoms. The van der Waals surface area contributed by atoms with E-state index in [1.165, 1.54) is 17.5 Å². The third-order valence-corrected chi connectivity index (χ3v) is 5.27. The number of halogens is 2. The molecule has 1 aliphatic rings. The minimum absolute atomic E-state index is 0.322. The van der Waals surface area contributed by atoms with Gasteiger partial charge >= 0.3 is 5.97 Å². The average molecular weight is 392 g/mol. The minimum atomic E-state index is -0.519. The number of aryl methyl sites for hydroxylation is 3. The zero-order chi connectivity index (χ0) is 18.7. The summed E-state index contributed by atoms with van der Waals surface area (Å²) >= 11 is 12.2. The Morgan fingerprint density at radius 2 is 1.81 bits per heavy atom. The van der Waals surface area contributed by atoms with Gasteiger partial charge in [0.05, 0.1) is 21.3 Å². The molecule has 0 saturated heterocycles. The van der Waals surface area contributed by atoms with Gasteiger partial charge in [0.2, 0.25) is 0 Å². The van der Waals surface area contributed by atoms with Crippen LogP contribution in [0, 0.1) is 6.92 Å². The highest BCUT2D eigenvalue weighted by molar-refractivity contribution is 6.40. The van der Waals surface area contributed by atoms with E-state index in [2.05, 4.69) is 5.32 Å². The third-order valence-electron chi connectivity index (χ3n) is 4.47. The number of esters is 1. The first-order valence-corrected chi connectivity index (χ1v) is 9.24. The van der Waals surface area contributed by atoms with Crippen LogP contribution in [0.25, 0.3) is 0 Å². The lowest BCUT2D eigenvalue weighted by molar-refractivity contribution is -0.119. The first-order valence-electron chi connectivity index (χ1n) is 8.49. The number of nitrogens with one attached hydrogen (secondary N) is 1. The lowest BCUT2D eigenvalue weighted by atomic mass is 9.90. The predicted octanol–water partition coefficient (Wildman–Crippen LogP) is 4.98. The molecule has 0 radical (unpaired) electrons. The van der Waals surface area contributed by atoms with Crippen molar-refractivity contribution in [3.63, 3.8) is 0 Å². The SMILES string of the molecule is Cc1ccc(Cl)c(NC(=O)COC(=O)c2ccc3c(c2)CCCC3)c1Cl. The van der Waals surface area contributed by atoms with E-state index in [9.17, 15) is 9.59 Å². The first kappa shape index (κ1) is 18.7. The zero-order valence-corrected chi connectivity index (χ0v) is 15.9. The summed E-state index contributed by atoms with van der Waals surface area (Å²) in [5, 5.41) is 3.29. The molecule has 3 rings (SSSR count). The second kappa shape index (κ2) is 8.11. The van der Waals surface area contributed by atoms with E-state index in [4.69, 9.17) is 27.9 Å². The monoisotopic (exact) mass is 391 g/mol. The predicted molar refractivity (Wildman–Crippen MR) is 103 cm³/mol. The highest BCUT2D eigenvalue weighted by Gasteiger charge is 2.16. The summed E-state index contributed by atoms with van der Waals surface area (Å²) < 4.78 is 5.13. The summed E-state index contributed by atoms with van der Waals surface area (Å²) in [6.07, 6.45) is 4.33. The number of amides is 1. The maximum Gasteiger partial charge on any atom is 0.338 e. The largest absolute Gasteiger partial charge is 0.452 e. The Balaban J connectivity index is 1.61. The number of carbonyl (C=O) groups is 2. The van der Waals surface area contributed by atoms with Crippen LogP contribution in [0.5, 0.6) is 0 Å². The van der Waals surface area contributed by atoms with E-state index in [-0.39, 0.29) is 0 Å². The molecular formula is C20H19Cl2NO3. The van der Waals surface area contributed by atoms with E-state index in [1.54, 1.807) is 18.2 Å². The smallest absolute Gasteiger partial charge is 0.338 e. The molecule has 0 atom stereocenters. The van der Waals surface area contributed by atoms with Crippen LogP contribution in [0.2, 0.25) is 10.0 Å². The quantitative estimate of drug-likeness (QED) is 0.747. The van der Waals surface area contributed by atoms with Crippen molar-refractivity contribution in [2.24, 2.45) is 0 Å². The fraction of sp³-hybridized carbons (Fsp3) is 0.300. The molecule has 1 amide bonds. The molecule has 0 aromatic heterocycles. The average Bonchev–Trinajstić information content (AvgIpc) is 2.66. The van der Waals surface area contributed by atoms with Gasteiger partial charge in [-0.25, -0.2) is 4.79 Å². The van der Waals surface area contributed by atoms with E-state index in [0.29, 0.717) is 21.3 Å². The highest BCUT2D eigenvalue weighted by Crippen LogP contribution is 2.32. The van der Waals surface area contributed by atoms with E-state index in [0.717, 1.165) is 24.8 Å². The van der Waals surface area contributed by atoms with Crippen LogP contribution in [0.1, 0.15) is 39.9 Å². The Morgan fingerprint density at radius 3 is 2.58 bits per heavy atom. The maximum absolute atomic E-state index is 12.2. The van der Waals surface area contributed by atoms with Gasteiger partial charge in [0.25, 0.3) is 5.91 Å². The molecule has 1 N–H and O–H groups in total. The summed E-state index contributed by atoms with van der Waals surface area (Å²) in [5.41, 5.74) is 4.05. The lowest BCUT2D eigenvalue weighted by Crippen LogP contribution is -2.21. The molecule has 0 aliphatic heterocycles. The van der Waals surface area contributed by atoms with Gasteiger partial charge in [0.15, 0.2) is 6.61 Å². The number of fused-ring (bicyclic) bond motifs is 1. The summed E-state index contributed by atoms with van der Waals surface area (Å²) in [4.78, 5) is 24.3. The minimum Gasteiger partial charge on any atom is -0.452 e. The number of rotatable bonds is 4. The van der Waals surface area contributed by atoms with Crippen molar-refractivity contribution in [1.82, 2.24) is 0 Å². The van der Waals surface area contributed by atoms with Crippen LogP contribution in [0.15, 0.2) is 30.3 Å². The van der Waals surface area contributed by atoms with Crippen molar-refractivity contribution >= 4 is 40.8 Å². The van der Waals surface area contributed by atoms with Crippen LogP contribution < -0.4 is 5.32 Å². The fourth-order valence-corrected chi connectivity index (χ4v) is 3.49. The van der Waals surface area contributed by atoms with Crippen LogP contribution >= 0.6 is 23.2 Å². The second-order valence-corrected chi connectivity index (χ2v) is 7.15.